The first-order valence-electron chi connectivity index (χ1n) is 4.53. The Labute approximate surface area is 79.1 Å². The van der Waals surface area contributed by atoms with Crippen LogP contribution in [0, 0.1) is 12.3 Å². The van der Waals surface area contributed by atoms with Crippen molar-refractivity contribution in [1.82, 2.24) is 15.1 Å². The van der Waals surface area contributed by atoms with Crippen LogP contribution in [0.2, 0.25) is 0 Å². The van der Waals surface area contributed by atoms with Gasteiger partial charge in [0.2, 0.25) is 0 Å². The van der Waals surface area contributed by atoms with E-state index in [4.69, 9.17) is 6.42 Å². The van der Waals surface area contributed by atoms with E-state index in [1.807, 2.05) is 16.9 Å². The third-order valence-electron chi connectivity index (χ3n) is 1.77. The maximum Gasteiger partial charge on any atom is 0.0576 e. The lowest BCUT2D eigenvalue weighted by Gasteiger charge is -2.05. The number of aromatic nitrogens is 2. The molecule has 0 atom stereocenters. The Morgan fingerprint density at radius 3 is 3.23 bits per heavy atom. The van der Waals surface area contributed by atoms with Crippen molar-refractivity contribution in [3.63, 3.8) is 0 Å². The molecule has 0 amide bonds. The lowest BCUT2D eigenvalue weighted by Crippen LogP contribution is -2.16. The molecule has 13 heavy (non-hydrogen) atoms. The van der Waals surface area contributed by atoms with Gasteiger partial charge in [0.25, 0.3) is 0 Å². The Kier molecular flexibility index (Phi) is 4.07. The Morgan fingerprint density at radius 2 is 2.54 bits per heavy atom. The Bertz CT molecular complexity index is 283. The number of terminal acetylenes is 1. The average Bonchev–Trinajstić information content (AvgIpc) is 2.54. The molecule has 0 bridgehead atoms. The van der Waals surface area contributed by atoms with E-state index in [1.165, 1.54) is 5.69 Å². The third-order valence-corrected chi connectivity index (χ3v) is 1.77. The molecule has 1 aromatic rings. The summed E-state index contributed by atoms with van der Waals surface area (Å²) in [6.45, 7) is 4.52. The average molecular weight is 177 g/mol. The van der Waals surface area contributed by atoms with Gasteiger partial charge in [-0.3, -0.25) is 4.68 Å². The molecule has 1 N–H and O–H groups in total. The van der Waals surface area contributed by atoms with Crippen LogP contribution in [0.1, 0.15) is 19.0 Å². The van der Waals surface area contributed by atoms with Crippen molar-refractivity contribution < 1.29 is 0 Å². The normalized spacial score (nSPS) is 9.85. The molecule has 70 valence electrons. The second-order valence-electron chi connectivity index (χ2n) is 2.85. The maximum absolute atomic E-state index is 5.13. The first-order valence-corrected chi connectivity index (χ1v) is 4.53. The topological polar surface area (TPSA) is 29.9 Å². The van der Waals surface area contributed by atoms with Gasteiger partial charge in [0, 0.05) is 19.3 Å². The van der Waals surface area contributed by atoms with Crippen molar-refractivity contribution in [3.05, 3.63) is 18.0 Å². The van der Waals surface area contributed by atoms with E-state index in [-0.39, 0.29) is 0 Å². The van der Waals surface area contributed by atoms with Gasteiger partial charge in [-0.25, -0.2) is 0 Å². The van der Waals surface area contributed by atoms with Gasteiger partial charge in [0.05, 0.1) is 12.2 Å². The SMILES string of the molecule is C#CCNCc1ccnn1CCC. The fourth-order valence-electron chi connectivity index (χ4n) is 1.19. The Balaban J connectivity index is 2.46. The van der Waals surface area contributed by atoms with Crippen molar-refractivity contribution in [2.24, 2.45) is 0 Å². The number of rotatable bonds is 5. The van der Waals surface area contributed by atoms with Crippen LogP contribution in [-0.2, 0) is 13.1 Å². The number of aryl methyl sites for hydroxylation is 1. The predicted molar refractivity (Wildman–Crippen MR) is 53.1 cm³/mol. The highest BCUT2D eigenvalue weighted by Crippen LogP contribution is 1.99. The summed E-state index contributed by atoms with van der Waals surface area (Å²) in [6.07, 6.45) is 8.05. The fourth-order valence-corrected chi connectivity index (χ4v) is 1.19. The smallest absolute Gasteiger partial charge is 0.0576 e. The molecule has 1 aromatic heterocycles. The molecule has 0 saturated heterocycles. The second-order valence-corrected chi connectivity index (χ2v) is 2.85. The second kappa shape index (κ2) is 5.39. The van der Waals surface area contributed by atoms with Crippen molar-refractivity contribution in [2.45, 2.75) is 26.4 Å². The van der Waals surface area contributed by atoms with Gasteiger partial charge in [0.15, 0.2) is 0 Å². The van der Waals surface area contributed by atoms with Crippen molar-refractivity contribution >= 4 is 0 Å². The van der Waals surface area contributed by atoms with Gasteiger partial charge in [-0.1, -0.05) is 12.8 Å². The number of nitrogens with zero attached hydrogens (tertiary/aromatic N) is 2. The zero-order valence-electron chi connectivity index (χ0n) is 7.95. The highest BCUT2D eigenvalue weighted by Gasteiger charge is 1.99. The zero-order valence-corrected chi connectivity index (χ0v) is 7.95. The van der Waals surface area contributed by atoms with Crippen LogP contribution in [0.15, 0.2) is 12.3 Å². The summed E-state index contributed by atoms with van der Waals surface area (Å²) < 4.78 is 2.00. The van der Waals surface area contributed by atoms with E-state index in [9.17, 15) is 0 Å². The largest absolute Gasteiger partial charge is 0.301 e. The standard InChI is InChI=1S/C10H15N3/c1-3-6-11-9-10-5-7-12-13(10)8-4-2/h1,5,7,11H,4,6,8-9H2,2H3. The van der Waals surface area contributed by atoms with Crippen molar-refractivity contribution in [2.75, 3.05) is 6.54 Å². The van der Waals surface area contributed by atoms with E-state index in [2.05, 4.69) is 23.3 Å². The summed E-state index contributed by atoms with van der Waals surface area (Å²) in [5, 5.41) is 7.35. The van der Waals surface area contributed by atoms with Gasteiger partial charge in [-0.05, 0) is 12.5 Å². The van der Waals surface area contributed by atoms with Gasteiger partial charge in [0.1, 0.15) is 0 Å². The zero-order chi connectivity index (χ0) is 9.52. The minimum absolute atomic E-state index is 0.608. The molecule has 0 radical (unpaired) electrons. The molecule has 0 aliphatic rings. The minimum atomic E-state index is 0.608. The van der Waals surface area contributed by atoms with E-state index >= 15 is 0 Å². The van der Waals surface area contributed by atoms with Crippen molar-refractivity contribution in [1.29, 1.82) is 0 Å². The molecule has 3 heteroatoms. The van der Waals surface area contributed by atoms with Crippen LogP contribution < -0.4 is 5.32 Å². The van der Waals surface area contributed by atoms with Crippen LogP contribution in [0.4, 0.5) is 0 Å². The molecular formula is C10H15N3. The maximum atomic E-state index is 5.13. The van der Waals surface area contributed by atoms with Crippen molar-refractivity contribution in [3.8, 4) is 12.3 Å². The summed E-state index contributed by atoms with van der Waals surface area (Å²) in [5.41, 5.74) is 1.19. The fraction of sp³-hybridized carbons (Fsp3) is 0.500. The van der Waals surface area contributed by atoms with Gasteiger partial charge in [-0.2, -0.15) is 5.10 Å². The molecule has 0 unspecified atom stereocenters. The van der Waals surface area contributed by atoms with Crippen LogP contribution in [-0.4, -0.2) is 16.3 Å². The quantitative estimate of drug-likeness (QED) is 0.537. The summed E-state index contributed by atoms with van der Waals surface area (Å²) in [6, 6.07) is 2.01. The molecule has 1 heterocycles. The third kappa shape index (κ3) is 2.92. The first-order chi connectivity index (χ1) is 6.38. The molecular weight excluding hydrogens is 162 g/mol. The van der Waals surface area contributed by atoms with E-state index < -0.39 is 0 Å². The molecule has 0 spiro atoms. The van der Waals surface area contributed by atoms with Gasteiger partial charge >= 0.3 is 0 Å². The monoisotopic (exact) mass is 177 g/mol. The lowest BCUT2D eigenvalue weighted by atomic mass is 10.4. The predicted octanol–water partition coefficient (Wildman–Crippen LogP) is 1.02. The summed E-state index contributed by atoms with van der Waals surface area (Å²) in [4.78, 5) is 0. The highest BCUT2D eigenvalue weighted by molar-refractivity contribution is 5.00. The molecule has 0 aliphatic heterocycles. The molecule has 1 rings (SSSR count). The van der Waals surface area contributed by atoms with Crippen LogP contribution in [0.3, 0.4) is 0 Å². The van der Waals surface area contributed by atoms with Gasteiger partial charge in [-0.15, -0.1) is 6.42 Å². The summed E-state index contributed by atoms with van der Waals surface area (Å²) in [7, 11) is 0. The first kappa shape index (κ1) is 9.82. The van der Waals surface area contributed by atoms with E-state index in [0.717, 1.165) is 19.5 Å². The summed E-state index contributed by atoms with van der Waals surface area (Å²) in [5.74, 6) is 2.54. The number of hydrogen-bond acceptors (Lipinski definition) is 2. The van der Waals surface area contributed by atoms with Crippen LogP contribution in [0.25, 0.3) is 0 Å². The molecule has 0 fully saturated rings. The van der Waals surface area contributed by atoms with E-state index in [1.54, 1.807) is 0 Å². The Hall–Kier alpha value is -1.27. The summed E-state index contributed by atoms with van der Waals surface area (Å²) >= 11 is 0. The Morgan fingerprint density at radius 1 is 1.69 bits per heavy atom. The van der Waals surface area contributed by atoms with E-state index in [0.29, 0.717) is 6.54 Å². The van der Waals surface area contributed by atoms with Crippen LogP contribution >= 0.6 is 0 Å². The highest BCUT2D eigenvalue weighted by atomic mass is 15.3. The minimum Gasteiger partial charge on any atom is -0.301 e. The van der Waals surface area contributed by atoms with Gasteiger partial charge < -0.3 is 5.32 Å². The lowest BCUT2D eigenvalue weighted by molar-refractivity contribution is 0.558. The number of hydrogen-bond donors (Lipinski definition) is 1. The number of nitrogens with one attached hydrogen (secondary N) is 1. The molecule has 0 aliphatic carbocycles. The molecule has 0 saturated carbocycles. The van der Waals surface area contributed by atoms with Crippen LogP contribution in [0.5, 0.6) is 0 Å². The molecule has 0 aromatic carbocycles. The molecule has 3 nitrogen and oxygen atoms in total.